The van der Waals surface area contributed by atoms with E-state index in [0.29, 0.717) is 16.9 Å². The Morgan fingerprint density at radius 2 is 1.78 bits per heavy atom. The van der Waals surface area contributed by atoms with Crippen LogP contribution in [0.1, 0.15) is 18.7 Å². The summed E-state index contributed by atoms with van der Waals surface area (Å²) < 4.78 is 8.38. The van der Waals surface area contributed by atoms with Gasteiger partial charge in [-0.1, -0.05) is 30.3 Å². The summed E-state index contributed by atoms with van der Waals surface area (Å²) >= 11 is 0. The van der Waals surface area contributed by atoms with Crippen LogP contribution in [-0.2, 0) is 0 Å². The van der Waals surface area contributed by atoms with Gasteiger partial charge < -0.3 is 5.32 Å². The van der Waals surface area contributed by atoms with E-state index in [1.807, 2.05) is 48.5 Å². The lowest BCUT2D eigenvalue weighted by Crippen LogP contribution is -2.47. The molecule has 1 atom stereocenters. The van der Waals surface area contributed by atoms with Crippen molar-refractivity contribution in [1.82, 2.24) is 0 Å². The number of amides is 1. The first-order valence-corrected chi connectivity index (χ1v) is 5.86. The highest BCUT2D eigenvalue weighted by Gasteiger charge is 2.29. The second-order valence-electron chi connectivity index (χ2n) is 4.23. The molecule has 3 nitrogen and oxygen atoms in total. The zero-order valence-corrected chi connectivity index (χ0v) is 10.1. The fourth-order valence-electron chi connectivity index (χ4n) is 2.19. The number of carbonyl (C=O) groups excluding carboxylic acids is 1. The molecule has 1 heterocycles. The van der Waals surface area contributed by atoms with Crippen LogP contribution in [0.5, 0.6) is 0 Å². The summed E-state index contributed by atoms with van der Waals surface area (Å²) in [6.07, 6.45) is -1.20. The lowest BCUT2D eigenvalue weighted by molar-refractivity contribution is 0.0977. The van der Waals surface area contributed by atoms with E-state index in [0.717, 1.165) is 0 Å². The van der Waals surface area contributed by atoms with Crippen molar-refractivity contribution >= 4 is 17.3 Å². The van der Waals surface area contributed by atoms with Crippen molar-refractivity contribution in [3.8, 4) is 0 Å². The molecule has 3 rings (SSSR count). The lowest BCUT2D eigenvalue weighted by atomic mass is 10.1. The molecule has 18 heavy (non-hydrogen) atoms. The molecule has 0 fully saturated rings. The van der Waals surface area contributed by atoms with Crippen molar-refractivity contribution in [3.05, 3.63) is 60.2 Å². The molecule has 0 aromatic heterocycles. The van der Waals surface area contributed by atoms with E-state index in [1.165, 1.54) is 4.90 Å². The second-order valence-corrected chi connectivity index (χ2v) is 4.23. The van der Waals surface area contributed by atoms with E-state index >= 15 is 0 Å². The van der Waals surface area contributed by atoms with Gasteiger partial charge in [0.25, 0.3) is 5.91 Å². The summed E-state index contributed by atoms with van der Waals surface area (Å²) in [5, 5.41) is 3.09. The van der Waals surface area contributed by atoms with Crippen LogP contribution < -0.4 is 10.2 Å². The Morgan fingerprint density at radius 3 is 2.56 bits per heavy atom. The second kappa shape index (κ2) is 4.18. The number of nitrogens with zero attached hydrogens (tertiary/aromatic N) is 1. The number of fused-ring (bicyclic) bond motifs is 1. The molecule has 90 valence electrons. The molecule has 2 aromatic carbocycles. The molecule has 0 aliphatic carbocycles. The zero-order chi connectivity index (χ0) is 13.5. The Bertz CT molecular complexity index is 625. The van der Waals surface area contributed by atoms with Crippen molar-refractivity contribution in [3.63, 3.8) is 0 Å². The maximum atomic E-state index is 12.6. The van der Waals surface area contributed by atoms with E-state index < -0.39 is 6.14 Å². The summed E-state index contributed by atoms with van der Waals surface area (Å²) in [5.74, 6) is -0.155. The Balaban J connectivity index is 2.13. The van der Waals surface area contributed by atoms with Crippen LogP contribution in [-0.4, -0.2) is 12.0 Å². The molecule has 0 radical (unpaired) electrons. The monoisotopic (exact) mass is 239 g/mol. The largest absolute Gasteiger partial charge is 0.364 e. The summed E-state index contributed by atoms with van der Waals surface area (Å²) in [6, 6.07) is 16.6. The molecule has 1 unspecified atom stereocenters. The minimum atomic E-state index is -1.20. The maximum Gasteiger partial charge on any atom is 0.262 e. The van der Waals surface area contributed by atoms with Gasteiger partial charge in [-0.05, 0) is 31.2 Å². The Morgan fingerprint density at radius 1 is 1.11 bits per heavy atom. The maximum absolute atomic E-state index is 12.6. The van der Waals surface area contributed by atoms with Gasteiger partial charge in [0.2, 0.25) is 0 Å². The summed E-state index contributed by atoms with van der Waals surface area (Å²) in [6.45, 7) is 1.67. The van der Waals surface area contributed by atoms with E-state index in [-0.39, 0.29) is 5.91 Å². The normalized spacial score (nSPS) is 23.1. The molecule has 1 aliphatic heterocycles. The van der Waals surface area contributed by atoms with Crippen LogP contribution in [0.25, 0.3) is 0 Å². The highest BCUT2D eigenvalue weighted by Crippen LogP contribution is 2.28. The molecule has 0 bridgehead atoms. The van der Waals surface area contributed by atoms with Gasteiger partial charge in [-0.2, -0.15) is 0 Å². The van der Waals surface area contributed by atoms with Crippen molar-refractivity contribution in [1.29, 1.82) is 0 Å². The number of hydrogen-bond donors (Lipinski definition) is 1. The molecular formula is C15H14N2O. The van der Waals surface area contributed by atoms with Crippen LogP contribution in [0, 0.1) is 0 Å². The number of anilines is 2. The molecule has 2 aromatic rings. The topological polar surface area (TPSA) is 32.3 Å². The van der Waals surface area contributed by atoms with Gasteiger partial charge in [0, 0.05) is 11.4 Å². The third-order valence-electron chi connectivity index (χ3n) is 3.03. The third kappa shape index (κ3) is 1.64. The molecule has 1 amide bonds. The predicted octanol–water partition coefficient (Wildman–Crippen LogP) is 3.10. The molecule has 0 saturated heterocycles. The Labute approximate surface area is 107 Å². The smallest absolute Gasteiger partial charge is 0.262 e. The van der Waals surface area contributed by atoms with Gasteiger partial charge >= 0.3 is 0 Å². The number of rotatable bonds is 1. The minimum absolute atomic E-state index is 0.155. The quantitative estimate of drug-likeness (QED) is 0.829. The highest BCUT2D eigenvalue weighted by molar-refractivity contribution is 6.11. The number of carbonyl (C=O) groups is 1. The fourth-order valence-corrected chi connectivity index (χ4v) is 2.19. The van der Waals surface area contributed by atoms with Crippen LogP contribution in [0.2, 0.25) is 0 Å². The molecule has 1 N–H and O–H groups in total. The van der Waals surface area contributed by atoms with Crippen molar-refractivity contribution in [2.75, 3.05) is 10.2 Å². The number of hydrogen-bond acceptors (Lipinski definition) is 2. The average molecular weight is 239 g/mol. The summed E-state index contributed by atoms with van der Waals surface area (Å²) in [7, 11) is 0. The number of benzene rings is 2. The molecule has 0 spiro atoms. The van der Waals surface area contributed by atoms with Crippen LogP contribution >= 0.6 is 0 Å². The standard InChI is InChI=1S/C15H14N2O/c1-11-16-14-10-6-5-9-13(14)15(18)17(11)12-7-3-2-4-8-12/h2-11,16H,1H3/i11D. The summed E-state index contributed by atoms with van der Waals surface area (Å²) in [4.78, 5) is 14.1. The Kier molecular flexibility index (Phi) is 2.26. The predicted molar refractivity (Wildman–Crippen MR) is 72.8 cm³/mol. The first kappa shape index (κ1) is 9.71. The lowest BCUT2D eigenvalue weighted by Gasteiger charge is -2.35. The molecule has 1 aliphatic rings. The van der Waals surface area contributed by atoms with E-state index in [9.17, 15) is 4.79 Å². The van der Waals surface area contributed by atoms with Gasteiger partial charge in [0.1, 0.15) is 6.14 Å². The van der Waals surface area contributed by atoms with Gasteiger partial charge in [0.05, 0.1) is 6.93 Å². The fraction of sp³-hybridized carbons (Fsp3) is 0.133. The molecule has 0 saturated carbocycles. The van der Waals surface area contributed by atoms with Gasteiger partial charge in [0.15, 0.2) is 0 Å². The third-order valence-corrected chi connectivity index (χ3v) is 3.03. The van der Waals surface area contributed by atoms with Crippen LogP contribution in [0.4, 0.5) is 11.4 Å². The molecular weight excluding hydrogens is 224 g/mol. The molecule has 3 heteroatoms. The number of para-hydroxylation sites is 2. The summed E-state index contributed by atoms with van der Waals surface area (Å²) in [5.41, 5.74) is 2.01. The van der Waals surface area contributed by atoms with Crippen LogP contribution in [0.15, 0.2) is 54.6 Å². The van der Waals surface area contributed by atoms with E-state index in [4.69, 9.17) is 1.37 Å². The first-order valence-electron chi connectivity index (χ1n) is 6.36. The highest BCUT2D eigenvalue weighted by atomic mass is 16.2. The van der Waals surface area contributed by atoms with Gasteiger partial charge in [-0.25, -0.2) is 0 Å². The van der Waals surface area contributed by atoms with Crippen molar-refractivity contribution in [2.24, 2.45) is 0 Å². The Hall–Kier alpha value is -2.29. The van der Waals surface area contributed by atoms with Crippen LogP contribution in [0.3, 0.4) is 0 Å². The average Bonchev–Trinajstić information content (AvgIpc) is 2.39. The van der Waals surface area contributed by atoms with E-state index in [2.05, 4.69) is 5.32 Å². The van der Waals surface area contributed by atoms with Crippen molar-refractivity contribution < 1.29 is 6.17 Å². The SMILES string of the molecule is [2H]C1(C)Nc2ccccc2C(=O)N1c1ccccc1. The van der Waals surface area contributed by atoms with Gasteiger partial charge in [-0.3, -0.25) is 9.69 Å². The van der Waals surface area contributed by atoms with Crippen molar-refractivity contribution in [2.45, 2.75) is 13.1 Å². The van der Waals surface area contributed by atoms with E-state index in [1.54, 1.807) is 13.0 Å². The van der Waals surface area contributed by atoms with Gasteiger partial charge in [-0.15, -0.1) is 0 Å². The zero-order valence-electron chi connectivity index (χ0n) is 11.1. The first-order chi connectivity index (χ1) is 9.09. The minimum Gasteiger partial charge on any atom is -0.364 e. The number of nitrogens with one attached hydrogen (secondary N) is 1.